The van der Waals surface area contributed by atoms with Crippen molar-refractivity contribution in [2.24, 2.45) is 5.92 Å². The van der Waals surface area contributed by atoms with Crippen molar-refractivity contribution in [3.8, 4) is 11.5 Å². The average Bonchev–Trinajstić information content (AvgIpc) is 2.72. The molecule has 1 amide bonds. The Morgan fingerprint density at radius 2 is 1.73 bits per heavy atom. The number of hydrogen-bond donors (Lipinski definition) is 0. The van der Waals surface area contributed by atoms with Crippen LogP contribution in [0.3, 0.4) is 0 Å². The molecule has 1 aromatic rings. The molecule has 0 atom stereocenters. The molecule has 2 saturated heterocycles. The summed E-state index contributed by atoms with van der Waals surface area (Å²) in [5.41, 5.74) is 0. The number of carbonyl (C=O) groups is 1. The van der Waals surface area contributed by atoms with Crippen LogP contribution in [-0.4, -0.2) is 75.4 Å². The summed E-state index contributed by atoms with van der Waals surface area (Å²) in [6.45, 7) is 6.60. The minimum atomic E-state index is 0.194. The van der Waals surface area contributed by atoms with E-state index in [-0.39, 0.29) is 5.92 Å². The number of rotatable bonds is 7. The summed E-state index contributed by atoms with van der Waals surface area (Å²) in [6.07, 6.45) is 2.93. The van der Waals surface area contributed by atoms with E-state index in [1.54, 1.807) is 7.11 Å². The van der Waals surface area contributed by atoms with Gasteiger partial charge in [-0.25, -0.2) is 0 Å². The average molecular weight is 362 g/mol. The molecule has 0 unspecified atom stereocenters. The van der Waals surface area contributed by atoms with E-state index in [1.165, 1.54) is 0 Å². The van der Waals surface area contributed by atoms with Crippen LogP contribution < -0.4 is 9.47 Å². The predicted molar refractivity (Wildman–Crippen MR) is 99.7 cm³/mol. The molecule has 0 spiro atoms. The third kappa shape index (κ3) is 5.35. The molecule has 0 aliphatic carbocycles. The first-order valence-corrected chi connectivity index (χ1v) is 9.62. The van der Waals surface area contributed by atoms with Crippen LogP contribution in [0, 0.1) is 5.92 Å². The number of hydrogen-bond acceptors (Lipinski definition) is 5. The van der Waals surface area contributed by atoms with E-state index in [2.05, 4.69) is 4.90 Å². The van der Waals surface area contributed by atoms with Gasteiger partial charge in [0.1, 0.15) is 11.5 Å². The van der Waals surface area contributed by atoms with E-state index in [0.29, 0.717) is 25.7 Å². The number of likely N-dealkylation sites (tertiary alicyclic amines) is 1. The predicted octanol–water partition coefficient (Wildman–Crippen LogP) is 2.03. The summed E-state index contributed by atoms with van der Waals surface area (Å²) in [6, 6.07) is 7.68. The van der Waals surface area contributed by atoms with Crippen LogP contribution in [-0.2, 0) is 9.53 Å². The number of nitrogens with zero attached hydrogens (tertiary/aromatic N) is 2. The van der Waals surface area contributed by atoms with Gasteiger partial charge < -0.3 is 24.0 Å². The SMILES string of the molecule is COc1ccc(OCCCN2CCC(C(=O)N3CCOCC3)CC2)cc1. The van der Waals surface area contributed by atoms with E-state index < -0.39 is 0 Å². The minimum absolute atomic E-state index is 0.194. The smallest absolute Gasteiger partial charge is 0.225 e. The zero-order valence-electron chi connectivity index (χ0n) is 15.7. The standard InChI is InChI=1S/C20H30N2O4/c1-24-18-3-5-19(6-4-18)26-14-2-9-21-10-7-17(8-11-21)20(23)22-12-15-25-16-13-22/h3-6,17H,2,7-16H2,1H3. The molecule has 6 nitrogen and oxygen atoms in total. The highest BCUT2D eigenvalue weighted by atomic mass is 16.5. The Labute approximate surface area is 156 Å². The van der Waals surface area contributed by atoms with Crippen LogP contribution in [0.4, 0.5) is 0 Å². The molecule has 2 heterocycles. The van der Waals surface area contributed by atoms with Gasteiger partial charge in [-0.3, -0.25) is 4.79 Å². The fourth-order valence-corrected chi connectivity index (χ4v) is 3.60. The summed E-state index contributed by atoms with van der Waals surface area (Å²) in [5, 5.41) is 0. The quantitative estimate of drug-likeness (QED) is 0.695. The van der Waals surface area contributed by atoms with Crippen LogP contribution in [0.15, 0.2) is 24.3 Å². The molecule has 144 valence electrons. The Hall–Kier alpha value is -1.79. The van der Waals surface area contributed by atoms with E-state index in [9.17, 15) is 4.79 Å². The first-order chi connectivity index (χ1) is 12.8. The summed E-state index contributed by atoms with van der Waals surface area (Å²) >= 11 is 0. The van der Waals surface area contributed by atoms with Gasteiger partial charge in [0.2, 0.25) is 5.91 Å². The van der Waals surface area contributed by atoms with Gasteiger partial charge in [-0.15, -0.1) is 0 Å². The Bertz CT molecular complexity index is 549. The summed E-state index contributed by atoms with van der Waals surface area (Å²) in [4.78, 5) is 17.0. The normalized spacial score (nSPS) is 19.3. The molecule has 2 aliphatic heterocycles. The molecule has 6 heteroatoms. The van der Waals surface area contributed by atoms with Gasteiger partial charge in [0.05, 0.1) is 26.9 Å². The zero-order valence-corrected chi connectivity index (χ0v) is 15.7. The molecule has 26 heavy (non-hydrogen) atoms. The van der Waals surface area contributed by atoms with Crippen molar-refractivity contribution < 1.29 is 19.0 Å². The Kier molecular flexibility index (Phi) is 7.14. The molecule has 2 aliphatic rings. The highest BCUT2D eigenvalue weighted by molar-refractivity contribution is 5.79. The third-order valence-electron chi connectivity index (χ3n) is 5.21. The maximum absolute atomic E-state index is 12.5. The van der Waals surface area contributed by atoms with E-state index in [0.717, 1.165) is 63.5 Å². The summed E-state index contributed by atoms with van der Waals surface area (Å²) in [7, 11) is 1.66. The molecule has 0 aromatic heterocycles. The lowest BCUT2D eigenvalue weighted by Gasteiger charge is -2.35. The lowest BCUT2D eigenvalue weighted by atomic mass is 9.95. The third-order valence-corrected chi connectivity index (χ3v) is 5.21. The van der Waals surface area contributed by atoms with Gasteiger partial charge in [-0.05, 0) is 56.6 Å². The first kappa shape index (κ1) is 19.0. The number of amides is 1. The fourth-order valence-electron chi connectivity index (χ4n) is 3.60. The molecule has 3 rings (SSSR count). The molecule has 0 N–H and O–H groups in total. The monoisotopic (exact) mass is 362 g/mol. The van der Waals surface area contributed by atoms with Crippen LogP contribution in [0.25, 0.3) is 0 Å². The molecule has 0 bridgehead atoms. The number of ether oxygens (including phenoxy) is 3. The van der Waals surface area contributed by atoms with Crippen molar-refractivity contribution in [1.82, 2.24) is 9.80 Å². The van der Waals surface area contributed by atoms with Crippen LogP contribution in [0.2, 0.25) is 0 Å². The summed E-state index contributed by atoms with van der Waals surface area (Å²) < 4.78 is 16.3. The van der Waals surface area contributed by atoms with Crippen molar-refractivity contribution in [2.45, 2.75) is 19.3 Å². The second-order valence-electron chi connectivity index (χ2n) is 6.93. The minimum Gasteiger partial charge on any atom is -0.497 e. The number of benzene rings is 1. The zero-order chi connectivity index (χ0) is 18.2. The van der Waals surface area contributed by atoms with Crippen molar-refractivity contribution in [2.75, 3.05) is 59.7 Å². The molecule has 2 fully saturated rings. The Balaban J connectivity index is 1.30. The largest absolute Gasteiger partial charge is 0.497 e. The van der Waals surface area contributed by atoms with Gasteiger partial charge >= 0.3 is 0 Å². The fraction of sp³-hybridized carbons (Fsp3) is 0.650. The Morgan fingerprint density at radius 3 is 2.38 bits per heavy atom. The van der Waals surface area contributed by atoms with Gasteiger partial charge in [0, 0.05) is 25.6 Å². The maximum atomic E-state index is 12.5. The molecular formula is C20H30N2O4. The first-order valence-electron chi connectivity index (χ1n) is 9.62. The second kappa shape index (κ2) is 9.78. The lowest BCUT2D eigenvalue weighted by molar-refractivity contribution is -0.141. The van der Waals surface area contributed by atoms with E-state index >= 15 is 0 Å². The maximum Gasteiger partial charge on any atom is 0.225 e. The number of morpholine rings is 1. The number of methoxy groups -OCH3 is 1. The molecule has 1 aromatic carbocycles. The Morgan fingerprint density at radius 1 is 1.08 bits per heavy atom. The molecular weight excluding hydrogens is 332 g/mol. The van der Waals surface area contributed by atoms with Gasteiger partial charge in [0.25, 0.3) is 0 Å². The second-order valence-corrected chi connectivity index (χ2v) is 6.93. The van der Waals surface area contributed by atoms with E-state index in [4.69, 9.17) is 14.2 Å². The van der Waals surface area contributed by atoms with Gasteiger partial charge in [-0.2, -0.15) is 0 Å². The topological polar surface area (TPSA) is 51.2 Å². The highest BCUT2D eigenvalue weighted by Crippen LogP contribution is 2.21. The van der Waals surface area contributed by atoms with Crippen molar-refractivity contribution in [1.29, 1.82) is 0 Å². The summed E-state index contributed by atoms with van der Waals surface area (Å²) in [5.74, 6) is 2.24. The van der Waals surface area contributed by atoms with Crippen molar-refractivity contribution in [3.05, 3.63) is 24.3 Å². The lowest BCUT2D eigenvalue weighted by Crippen LogP contribution is -2.46. The van der Waals surface area contributed by atoms with Crippen molar-refractivity contribution >= 4 is 5.91 Å². The number of carbonyl (C=O) groups excluding carboxylic acids is 1. The molecule has 0 saturated carbocycles. The molecule has 0 radical (unpaired) electrons. The van der Waals surface area contributed by atoms with Crippen LogP contribution >= 0.6 is 0 Å². The highest BCUT2D eigenvalue weighted by Gasteiger charge is 2.29. The number of piperidine rings is 1. The van der Waals surface area contributed by atoms with E-state index in [1.807, 2.05) is 29.2 Å². The van der Waals surface area contributed by atoms with Gasteiger partial charge in [0.15, 0.2) is 0 Å². The van der Waals surface area contributed by atoms with Crippen molar-refractivity contribution in [3.63, 3.8) is 0 Å². The van der Waals surface area contributed by atoms with Crippen LogP contribution in [0.5, 0.6) is 11.5 Å². The van der Waals surface area contributed by atoms with Gasteiger partial charge in [-0.1, -0.05) is 0 Å². The van der Waals surface area contributed by atoms with Crippen LogP contribution in [0.1, 0.15) is 19.3 Å².